The Morgan fingerprint density at radius 3 is 2.22 bits per heavy atom. The first kappa shape index (κ1) is 16.4. The molecule has 104 valence electrons. The fraction of sp³-hybridized carbons (Fsp3) is 0.727. The van der Waals surface area contributed by atoms with Crippen LogP contribution in [-0.4, -0.2) is 58.6 Å². The van der Waals surface area contributed by atoms with Gasteiger partial charge in [-0.3, -0.25) is 19.3 Å². The Kier molecular flexibility index (Phi) is 7.69. The number of nitrogens with zero attached hydrogens (tertiary/aromatic N) is 1. The Labute approximate surface area is 106 Å². The Morgan fingerprint density at radius 2 is 1.78 bits per heavy atom. The topological polar surface area (TPSA) is 107 Å². The molecule has 0 heterocycles. The molecule has 0 aromatic rings. The summed E-state index contributed by atoms with van der Waals surface area (Å²) >= 11 is 0. The van der Waals surface area contributed by atoms with E-state index in [-0.39, 0.29) is 38.0 Å². The van der Waals surface area contributed by atoms with Gasteiger partial charge in [0.05, 0.1) is 19.5 Å². The van der Waals surface area contributed by atoms with Crippen molar-refractivity contribution >= 4 is 17.8 Å². The van der Waals surface area contributed by atoms with E-state index in [1.807, 2.05) is 13.8 Å². The minimum atomic E-state index is -1.09. The average Bonchev–Trinajstić information content (AvgIpc) is 2.24. The summed E-state index contributed by atoms with van der Waals surface area (Å²) < 4.78 is 0. The van der Waals surface area contributed by atoms with Crippen LogP contribution >= 0.6 is 0 Å². The summed E-state index contributed by atoms with van der Waals surface area (Å²) in [7, 11) is 0. The van der Waals surface area contributed by atoms with Crippen molar-refractivity contribution in [3.05, 3.63) is 0 Å². The van der Waals surface area contributed by atoms with Crippen LogP contribution in [0.15, 0.2) is 0 Å². The third kappa shape index (κ3) is 8.51. The molecule has 0 aliphatic carbocycles. The van der Waals surface area contributed by atoms with Crippen molar-refractivity contribution in [1.29, 1.82) is 0 Å². The van der Waals surface area contributed by atoms with E-state index in [1.165, 1.54) is 4.90 Å². The van der Waals surface area contributed by atoms with E-state index in [2.05, 4.69) is 5.32 Å². The fourth-order valence-electron chi connectivity index (χ4n) is 1.28. The second-order valence-electron chi connectivity index (χ2n) is 4.12. The molecule has 7 nitrogen and oxygen atoms in total. The van der Waals surface area contributed by atoms with Gasteiger partial charge in [-0.15, -0.1) is 0 Å². The lowest BCUT2D eigenvalue weighted by Gasteiger charge is -2.20. The average molecular weight is 260 g/mol. The number of hydrogen-bond acceptors (Lipinski definition) is 4. The maximum Gasteiger partial charge on any atom is 0.317 e. The minimum Gasteiger partial charge on any atom is -0.481 e. The standard InChI is InChI=1S/C11H20N2O5/c1-3-8(2)12-9(14)6-13(7-11(17)18)5-4-10(15)16/h8H,3-7H2,1-2H3,(H,12,14)(H,15,16)(H,17,18). The second kappa shape index (κ2) is 8.46. The van der Waals surface area contributed by atoms with Crippen LogP contribution in [0.2, 0.25) is 0 Å². The molecule has 1 atom stereocenters. The van der Waals surface area contributed by atoms with Crippen LogP contribution in [0.3, 0.4) is 0 Å². The molecule has 0 radical (unpaired) electrons. The molecule has 0 aromatic carbocycles. The largest absolute Gasteiger partial charge is 0.481 e. The van der Waals surface area contributed by atoms with Crippen molar-refractivity contribution < 1.29 is 24.6 Å². The van der Waals surface area contributed by atoms with Gasteiger partial charge in [0.25, 0.3) is 0 Å². The molecule has 0 bridgehead atoms. The van der Waals surface area contributed by atoms with E-state index in [0.29, 0.717) is 0 Å². The molecule has 0 rings (SSSR count). The van der Waals surface area contributed by atoms with Crippen LogP contribution < -0.4 is 5.32 Å². The van der Waals surface area contributed by atoms with Gasteiger partial charge >= 0.3 is 11.9 Å². The number of carbonyl (C=O) groups is 3. The summed E-state index contributed by atoms with van der Waals surface area (Å²) in [6.07, 6.45) is 0.587. The summed E-state index contributed by atoms with van der Waals surface area (Å²) in [5.41, 5.74) is 0. The van der Waals surface area contributed by atoms with E-state index in [1.54, 1.807) is 0 Å². The lowest BCUT2D eigenvalue weighted by molar-refractivity contribution is -0.141. The quantitative estimate of drug-likeness (QED) is 0.528. The molecule has 0 aromatic heterocycles. The molecule has 7 heteroatoms. The van der Waals surface area contributed by atoms with Gasteiger partial charge < -0.3 is 15.5 Å². The van der Waals surface area contributed by atoms with Gasteiger partial charge in [0, 0.05) is 12.6 Å². The van der Waals surface area contributed by atoms with Crippen molar-refractivity contribution in [1.82, 2.24) is 10.2 Å². The van der Waals surface area contributed by atoms with Crippen LogP contribution in [-0.2, 0) is 14.4 Å². The van der Waals surface area contributed by atoms with Gasteiger partial charge in [-0.1, -0.05) is 6.92 Å². The van der Waals surface area contributed by atoms with Crippen LogP contribution in [0.4, 0.5) is 0 Å². The highest BCUT2D eigenvalue weighted by molar-refractivity contribution is 5.79. The number of aliphatic carboxylic acids is 2. The van der Waals surface area contributed by atoms with E-state index < -0.39 is 11.9 Å². The molecule has 1 unspecified atom stereocenters. The lowest BCUT2D eigenvalue weighted by Crippen LogP contribution is -2.43. The Balaban J connectivity index is 4.25. The van der Waals surface area contributed by atoms with Crippen LogP contribution in [0.5, 0.6) is 0 Å². The second-order valence-corrected chi connectivity index (χ2v) is 4.12. The summed E-state index contributed by atoms with van der Waals surface area (Å²) in [6, 6.07) is 0.0173. The predicted octanol–water partition coefficient (Wildman–Crippen LogP) is -0.238. The minimum absolute atomic E-state index is 0.0173. The monoisotopic (exact) mass is 260 g/mol. The molecule has 0 saturated carbocycles. The Morgan fingerprint density at radius 1 is 1.17 bits per heavy atom. The fourth-order valence-corrected chi connectivity index (χ4v) is 1.28. The van der Waals surface area contributed by atoms with Gasteiger partial charge in [-0.25, -0.2) is 0 Å². The molecule has 0 aliphatic heterocycles. The summed E-state index contributed by atoms with van der Waals surface area (Å²) in [5.74, 6) is -2.40. The predicted molar refractivity (Wildman–Crippen MR) is 64.2 cm³/mol. The summed E-state index contributed by atoms with van der Waals surface area (Å²) in [6.45, 7) is 3.35. The van der Waals surface area contributed by atoms with Crippen molar-refractivity contribution in [3.8, 4) is 0 Å². The number of hydrogen-bond donors (Lipinski definition) is 3. The zero-order chi connectivity index (χ0) is 14.1. The van der Waals surface area contributed by atoms with E-state index >= 15 is 0 Å². The van der Waals surface area contributed by atoms with Crippen molar-refractivity contribution in [3.63, 3.8) is 0 Å². The van der Waals surface area contributed by atoms with E-state index in [4.69, 9.17) is 10.2 Å². The highest BCUT2D eigenvalue weighted by atomic mass is 16.4. The number of rotatable bonds is 9. The van der Waals surface area contributed by atoms with Gasteiger partial charge in [-0.05, 0) is 13.3 Å². The van der Waals surface area contributed by atoms with Crippen LogP contribution in [0, 0.1) is 0 Å². The van der Waals surface area contributed by atoms with Gasteiger partial charge in [-0.2, -0.15) is 0 Å². The van der Waals surface area contributed by atoms with Crippen molar-refractivity contribution in [2.75, 3.05) is 19.6 Å². The third-order valence-electron chi connectivity index (χ3n) is 2.39. The highest BCUT2D eigenvalue weighted by Gasteiger charge is 2.15. The van der Waals surface area contributed by atoms with E-state index in [0.717, 1.165) is 6.42 Å². The number of amides is 1. The SMILES string of the molecule is CCC(C)NC(=O)CN(CCC(=O)O)CC(=O)O. The molecule has 0 saturated heterocycles. The normalized spacial score (nSPS) is 12.2. The molecule has 0 fully saturated rings. The first-order valence-electron chi connectivity index (χ1n) is 5.80. The van der Waals surface area contributed by atoms with Crippen LogP contribution in [0.25, 0.3) is 0 Å². The van der Waals surface area contributed by atoms with Crippen molar-refractivity contribution in [2.24, 2.45) is 0 Å². The Bertz CT molecular complexity index is 306. The highest BCUT2D eigenvalue weighted by Crippen LogP contribution is 1.94. The number of carboxylic acid groups (broad SMARTS) is 2. The molecular weight excluding hydrogens is 240 g/mol. The number of nitrogens with one attached hydrogen (secondary N) is 1. The third-order valence-corrected chi connectivity index (χ3v) is 2.39. The molecule has 0 aliphatic rings. The molecule has 18 heavy (non-hydrogen) atoms. The lowest BCUT2D eigenvalue weighted by atomic mass is 10.2. The zero-order valence-electron chi connectivity index (χ0n) is 10.7. The summed E-state index contributed by atoms with van der Waals surface area (Å²) in [4.78, 5) is 33.9. The van der Waals surface area contributed by atoms with E-state index in [9.17, 15) is 14.4 Å². The maximum absolute atomic E-state index is 11.6. The first-order chi connectivity index (χ1) is 8.35. The van der Waals surface area contributed by atoms with Crippen molar-refractivity contribution in [2.45, 2.75) is 32.7 Å². The smallest absolute Gasteiger partial charge is 0.317 e. The van der Waals surface area contributed by atoms with Gasteiger partial charge in [0.1, 0.15) is 0 Å². The Hall–Kier alpha value is -1.63. The zero-order valence-corrected chi connectivity index (χ0v) is 10.7. The number of carbonyl (C=O) groups excluding carboxylic acids is 1. The summed E-state index contributed by atoms with van der Waals surface area (Å²) in [5, 5.41) is 19.9. The van der Waals surface area contributed by atoms with Gasteiger partial charge in [0.2, 0.25) is 5.91 Å². The number of carboxylic acids is 2. The van der Waals surface area contributed by atoms with Crippen LogP contribution in [0.1, 0.15) is 26.7 Å². The molecule has 1 amide bonds. The van der Waals surface area contributed by atoms with Gasteiger partial charge in [0.15, 0.2) is 0 Å². The maximum atomic E-state index is 11.6. The first-order valence-corrected chi connectivity index (χ1v) is 5.80. The molecule has 3 N–H and O–H groups in total. The molecule has 0 spiro atoms. The molecular formula is C11H20N2O5.